The molecule has 1 N–H and O–H groups in total. The van der Waals surface area contributed by atoms with E-state index in [9.17, 15) is 4.79 Å². The molecule has 4 heterocycles. The molecule has 0 aliphatic carbocycles. The first-order chi connectivity index (χ1) is 12.5. The van der Waals surface area contributed by atoms with Crippen molar-refractivity contribution in [1.82, 2.24) is 14.9 Å². The minimum Gasteiger partial charge on any atom is -0.347 e. The van der Waals surface area contributed by atoms with E-state index in [4.69, 9.17) is 9.47 Å². The van der Waals surface area contributed by atoms with Gasteiger partial charge in [-0.3, -0.25) is 4.79 Å². The van der Waals surface area contributed by atoms with Crippen molar-refractivity contribution in [2.45, 2.75) is 25.6 Å². The van der Waals surface area contributed by atoms with E-state index in [0.29, 0.717) is 55.0 Å². The quantitative estimate of drug-likeness (QED) is 0.791. The third-order valence-corrected chi connectivity index (χ3v) is 6.11. The van der Waals surface area contributed by atoms with Gasteiger partial charge in [0.2, 0.25) is 0 Å². The van der Waals surface area contributed by atoms with Crippen molar-refractivity contribution in [3.63, 3.8) is 0 Å². The second kappa shape index (κ2) is 7.22. The number of hydrogen-bond acceptors (Lipinski definition) is 7. The van der Waals surface area contributed by atoms with Crippen LogP contribution in [0.25, 0.3) is 0 Å². The number of nitrogens with one attached hydrogen (secondary N) is 1. The molecule has 2 saturated heterocycles. The van der Waals surface area contributed by atoms with Crippen LogP contribution < -0.4 is 5.32 Å². The number of anilines is 2. The average Bonchev–Trinajstić information content (AvgIpc) is 3.24. The lowest BCUT2D eigenvalue weighted by Crippen LogP contribution is -2.47. The Hall–Kier alpha value is -1.55. The molecule has 0 unspecified atom stereocenters. The molecule has 2 aromatic rings. The second-order valence-corrected chi connectivity index (χ2v) is 8.23. The predicted molar refractivity (Wildman–Crippen MR) is 102 cm³/mol. The molecule has 2 aliphatic rings. The summed E-state index contributed by atoms with van der Waals surface area (Å²) >= 11 is 4.72. The minimum atomic E-state index is -0.473. The van der Waals surface area contributed by atoms with Gasteiger partial charge in [0, 0.05) is 36.6 Å². The van der Waals surface area contributed by atoms with Crippen LogP contribution in [0.3, 0.4) is 0 Å². The molecule has 0 bridgehead atoms. The highest BCUT2D eigenvalue weighted by atomic mass is 79.9. The fourth-order valence-corrected chi connectivity index (χ4v) is 4.36. The third kappa shape index (κ3) is 3.62. The van der Waals surface area contributed by atoms with E-state index in [2.05, 4.69) is 31.2 Å². The van der Waals surface area contributed by atoms with Crippen LogP contribution in [-0.2, 0) is 9.47 Å². The van der Waals surface area contributed by atoms with E-state index in [-0.39, 0.29) is 5.91 Å². The van der Waals surface area contributed by atoms with Gasteiger partial charge in [-0.25, -0.2) is 9.97 Å². The second-order valence-electron chi connectivity index (χ2n) is 6.32. The van der Waals surface area contributed by atoms with Gasteiger partial charge < -0.3 is 19.7 Å². The average molecular weight is 439 g/mol. The van der Waals surface area contributed by atoms with Crippen LogP contribution in [0, 0.1) is 6.92 Å². The van der Waals surface area contributed by atoms with Gasteiger partial charge in [-0.05, 0) is 35.0 Å². The highest BCUT2D eigenvalue weighted by Gasteiger charge is 2.41. The molecule has 0 saturated carbocycles. The number of carbonyl (C=O) groups excluding carboxylic acids is 1. The van der Waals surface area contributed by atoms with Gasteiger partial charge in [-0.15, -0.1) is 0 Å². The zero-order chi connectivity index (χ0) is 18.1. The SMILES string of the molecule is Cc1nc(Nc2ccc(Br)cn2)sc1C(=O)N1CCC2(CC1)OCCO2. The van der Waals surface area contributed by atoms with Gasteiger partial charge in [0.25, 0.3) is 5.91 Å². The number of carbonyl (C=O) groups is 1. The van der Waals surface area contributed by atoms with Crippen molar-refractivity contribution < 1.29 is 14.3 Å². The van der Waals surface area contributed by atoms with E-state index >= 15 is 0 Å². The van der Waals surface area contributed by atoms with Gasteiger partial charge in [-0.1, -0.05) is 11.3 Å². The summed E-state index contributed by atoms with van der Waals surface area (Å²) in [5, 5.41) is 3.82. The number of hydrogen-bond donors (Lipinski definition) is 1. The number of ether oxygens (including phenoxy) is 2. The third-order valence-electron chi connectivity index (χ3n) is 4.58. The Balaban J connectivity index is 1.43. The first-order valence-electron chi connectivity index (χ1n) is 8.48. The van der Waals surface area contributed by atoms with E-state index in [1.54, 1.807) is 6.20 Å². The van der Waals surface area contributed by atoms with Gasteiger partial charge in [-0.2, -0.15) is 0 Å². The summed E-state index contributed by atoms with van der Waals surface area (Å²) in [5.41, 5.74) is 0.730. The summed E-state index contributed by atoms with van der Waals surface area (Å²) in [4.78, 5) is 24.2. The number of piperidine rings is 1. The topological polar surface area (TPSA) is 76.6 Å². The molecule has 1 spiro atoms. The molecule has 0 aromatic carbocycles. The molecule has 1 amide bonds. The maximum Gasteiger partial charge on any atom is 0.265 e. The summed E-state index contributed by atoms with van der Waals surface area (Å²) in [5.74, 6) is 0.237. The lowest BCUT2D eigenvalue weighted by Gasteiger charge is -2.37. The summed E-state index contributed by atoms with van der Waals surface area (Å²) in [6.45, 7) is 4.40. The van der Waals surface area contributed by atoms with Crippen molar-refractivity contribution in [3.05, 3.63) is 33.4 Å². The summed E-state index contributed by atoms with van der Waals surface area (Å²) in [7, 11) is 0. The van der Waals surface area contributed by atoms with Crippen LogP contribution in [0.4, 0.5) is 10.9 Å². The van der Waals surface area contributed by atoms with E-state index < -0.39 is 5.79 Å². The van der Waals surface area contributed by atoms with Crippen LogP contribution in [0.2, 0.25) is 0 Å². The molecule has 0 atom stereocenters. The number of aryl methyl sites for hydroxylation is 1. The Morgan fingerprint density at radius 3 is 2.69 bits per heavy atom. The summed E-state index contributed by atoms with van der Waals surface area (Å²) in [6, 6.07) is 3.76. The number of aromatic nitrogens is 2. The monoisotopic (exact) mass is 438 g/mol. The van der Waals surface area contributed by atoms with Gasteiger partial charge >= 0.3 is 0 Å². The van der Waals surface area contributed by atoms with Crippen LogP contribution in [0.15, 0.2) is 22.8 Å². The number of thiazole rings is 1. The minimum absolute atomic E-state index is 0.0182. The zero-order valence-corrected chi connectivity index (χ0v) is 16.7. The number of halogens is 1. The largest absolute Gasteiger partial charge is 0.347 e. The van der Waals surface area contributed by atoms with E-state index in [1.165, 1.54) is 11.3 Å². The normalized spacial score (nSPS) is 19.1. The molecule has 7 nitrogen and oxygen atoms in total. The first-order valence-corrected chi connectivity index (χ1v) is 10.1. The Kier molecular flexibility index (Phi) is 4.96. The standard InChI is InChI=1S/C17H19BrN4O3S/c1-11-14(26-16(20-11)21-13-3-2-12(18)10-19-13)15(23)22-6-4-17(5-7-22)24-8-9-25-17/h2-3,10H,4-9H2,1H3,(H,19,20,21). The van der Waals surface area contributed by atoms with Crippen molar-refractivity contribution in [2.24, 2.45) is 0 Å². The highest BCUT2D eigenvalue weighted by molar-refractivity contribution is 9.10. The molecule has 0 radical (unpaired) electrons. The van der Waals surface area contributed by atoms with Gasteiger partial charge in [0.15, 0.2) is 10.9 Å². The molecule has 4 rings (SSSR count). The Labute approximate surface area is 163 Å². The predicted octanol–water partition coefficient (Wildman–Crippen LogP) is 3.33. The molecule has 2 aliphatic heterocycles. The van der Waals surface area contributed by atoms with Gasteiger partial charge in [0.1, 0.15) is 10.7 Å². The smallest absolute Gasteiger partial charge is 0.265 e. The molecular weight excluding hydrogens is 420 g/mol. The van der Waals surface area contributed by atoms with Crippen molar-refractivity contribution in [3.8, 4) is 0 Å². The lowest BCUT2D eigenvalue weighted by atomic mass is 10.0. The maximum atomic E-state index is 12.9. The fraction of sp³-hybridized carbons (Fsp3) is 0.471. The van der Waals surface area contributed by atoms with Crippen LogP contribution in [0.1, 0.15) is 28.2 Å². The number of nitrogens with zero attached hydrogens (tertiary/aromatic N) is 3. The summed E-state index contributed by atoms with van der Waals surface area (Å²) in [6.07, 6.45) is 3.14. The Bertz CT molecular complexity index is 795. The first kappa shape index (κ1) is 17.8. The van der Waals surface area contributed by atoms with Crippen molar-refractivity contribution in [1.29, 1.82) is 0 Å². The summed E-state index contributed by atoms with van der Waals surface area (Å²) < 4.78 is 12.4. The van der Waals surface area contributed by atoms with E-state index in [0.717, 1.165) is 10.2 Å². The van der Waals surface area contributed by atoms with Gasteiger partial charge in [0.05, 0.1) is 18.9 Å². The molecular formula is C17H19BrN4O3S. The Morgan fingerprint density at radius 2 is 2.04 bits per heavy atom. The number of rotatable bonds is 3. The lowest BCUT2D eigenvalue weighted by molar-refractivity contribution is -0.181. The fourth-order valence-electron chi connectivity index (χ4n) is 3.19. The number of pyridine rings is 1. The van der Waals surface area contributed by atoms with Crippen LogP contribution in [0.5, 0.6) is 0 Å². The molecule has 26 heavy (non-hydrogen) atoms. The molecule has 2 aromatic heterocycles. The van der Waals surface area contributed by atoms with Crippen molar-refractivity contribution >= 4 is 44.1 Å². The van der Waals surface area contributed by atoms with Crippen LogP contribution in [-0.4, -0.2) is 52.9 Å². The maximum absolute atomic E-state index is 12.9. The van der Waals surface area contributed by atoms with Crippen molar-refractivity contribution in [2.75, 3.05) is 31.6 Å². The Morgan fingerprint density at radius 1 is 1.31 bits per heavy atom. The zero-order valence-electron chi connectivity index (χ0n) is 14.3. The van der Waals surface area contributed by atoms with Crippen LogP contribution >= 0.6 is 27.3 Å². The number of likely N-dealkylation sites (tertiary alicyclic amines) is 1. The molecule has 2 fully saturated rings. The van der Waals surface area contributed by atoms with E-state index in [1.807, 2.05) is 24.0 Å². The number of amides is 1. The highest BCUT2D eigenvalue weighted by Crippen LogP contribution is 2.33. The molecule has 138 valence electrons. The molecule has 9 heteroatoms.